The molecule has 0 amide bonds. The van der Waals surface area contributed by atoms with Crippen LogP contribution in [0.25, 0.3) is 0 Å². The molecule has 1 heterocycles. The van der Waals surface area contributed by atoms with Crippen LogP contribution in [0, 0.1) is 5.41 Å². The first-order valence-electron chi connectivity index (χ1n) is 5.38. The van der Waals surface area contributed by atoms with Crippen molar-refractivity contribution in [3.05, 3.63) is 18.2 Å². The second-order valence-electron chi connectivity index (χ2n) is 4.83. The Labute approximate surface area is 94.8 Å². The van der Waals surface area contributed by atoms with Gasteiger partial charge in [0.2, 0.25) is 0 Å². The summed E-state index contributed by atoms with van der Waals surface area (Å²) in [6.45, 7) is 0.716. The molecule has 5 heteroatoms. The third kappa shape index (κ3) is 1.38. The van der Waals surface area contributed by atoms with E-state index in [1.54, 1.807) is 18.2 Å². The number of nitrogen functional groups attached to an aromatic ring is 1. The smallest absolute Gasteiger partial charge is 0.181 e. The number of para-hydroxylation sites is 1. The molecule has 1 aromatic carbocycles. The molecule has 86 valence electrons. The molecule has 4 nitrogen and oxygen atoms in total. The SMILES string of the molecule is Nc1cccc2c1NCC1(CC1)CS2(=O)=O. The molecule has 0 unspecified atom stereocenters. The first-order valence-corrected chi connectivity index (χ1v) is 7.03. The zero-order valence-corrected chi connectivity index (χ0v) is 9.68. The zero-order valence-electron chi connectivity index (χ0n) is 8.86. The standard InChI is InChI=1S/C11H14N2O2S/c12-8-2-1-3-9-10(8)13-6-11(4-5-11)7-16(9,14)15/h1-3,13H,4-7,12H2. The van der Waals surface area contributed by atoms with Crippen molar-refractivity contribution < 1.29 is 8.42 Å². The molecular formula is C11H14N2O2S. The first-order chi connectivity index (χ1) is 7.53. The van der Waals surface area contributed by atoms with Crippen LogP contribution in [0.4, 0.5) is 11.4 Å². The third-order valence-electron chi connectivity index (χ3n) is 3.49. The van der Waals surface area contributed by atoms with Crippen LogP contribution in [0.2, 0.25) is 0 Å². The van der Waals surface area contributed by atoms with Crippen molar-refractivity contribution in [1.82, 2.24) is 0 Å². The van der Waals surface area contributed by atoms with Gasteiger partial charge in [0.15, 0.2) is 9.84 Å². The van der Waals surface area contributed by atoms with Gasteiger partial charge in [0.25, 0.3) is 0 Å². The highest BCUT2D eigenvalue weighted by Gasteiger charge is 2.48. The summed E-state index contributed by atoms with van der Waals surface area (Å²) >= 11 is 0. The largest absolute Gasteiger partial charge is 0.397 e. The van der Waals surface area contributed by atoms with Gasteiger partial charge >= 0.3 is 0 Å². The maximum atomic E-state index is 12.2. The molecule has 3 N–H and O–H groups in total. The maximum absolute atomic E-state index is 12.2. The number of nitrogens with one attached hydrogen (secondary N) is 1. The Balaban J connectivity index is 2.18. The summed E-state index contributed by atoms with van der Waals surface area (Å²) in [4.78, 5) is 0.358. The van der Waals surface area contributed by atoms with Gasteiger partial charge in [-0.3, -0.25) is 0 Å². The fourth-order valence-corrected chi connectivity index (χ4v) is 4.44. The lowest BCUT2D eigenvalue weighted by atomic mass is 10.1. The van der Waals surface area contributed by atoms with Crippen LogP contribution in [-0.2, 0) is 9.84 Å². The topological polar surface area (TPSA) is 72.2 Å². The van der Waals surface area contributed by atoms with Gasteiger partial charge < -0.3 is 11.1 Å². The number of rotatable bonds is 0. The fourth-order valence-electron chi connectivity index (χ4n) is 2.30. The van der Waals surface area contributed by atoms with Crippen LogP contribution in [0.1, 0.15) is 12.8 Å². The lowest BCUT2D eigenvalue weighted by Gasteiger charge is -2.11. The Morgan fingerprint density at radius 1 is 1.31 bits per heavy atom. The molecule has 1 aromatic rings. The Bertz CT molecular complexity index is 547. The van der Waals surface area contributed by atoms with Gasteiger partial charge in [-0.1, -0.05) is 6.07 Å². The lowest BCUT2D eigenvalue weighted by molar-refractivity contribution is 0.562. The van der Waals surface area contributed by atoms with Gasteiger partial charge in [0, 0.05) is 12.0 Å². The highest BCUT2D eigenvalue weighted by molar-refractivity contribution is 7.91. The predicted molar refractivity (Wildman–Crippen MR) is 63.1 cm³/mol. The summed E-state index contributed by atoms with van der Waals surface area (Å²) in [7, 11) is -3.19. The molecule has 0 radical (unpaired) electrons. The van der Waals surface area contributed by atoms with Crippen molar-refractivity contribution in [3.8, 4) is 0 Å². The molecule has 1 spiro atoms. The molecule has 0 bridgehead atoms. The minimum Gasteiger partial charge on any atom is -0.397 e. The monoisotopic (exact) mass is 238 g/mol. The van der Waals surface area contributed by atoms with E-state index in [0.717, 1.165) is 12.8 Å². The van der Waals surface area contributed by atoms with Crippen molar-refractivity contribution >= 4 is 21.2 Å². The molecule has 2 aliphatic rings. The van der Waals surface area contributed by atoms with Gasteiger partial charge in [-0.05, 0) is 25.0 Å². The highest BCUT2D eigenvalue weighted by atomic mass is 32.2. The minimum atomic E-state index is -3.19. The first kappa shape index (κ1) is 9.96. The number of anilines is 2. The lowest BCUT2D eigenvalue weighted by Crippen LogP contribution is -2.20. The fraction of sp³-hybridized carbons (Fsp3) is 0.455. The minimum absolute atomic E-state index is 0.0374. The van der Waals surface area contributed by atoms with E-state index in [2.05, 4.69) is 5.32 Å². The molecule has 0 saturated heterocycles. The van der Waals surface area contributed by atoms with E-state index in [1.165, 1.54) is 0 Å². The molecular weight excluding hydrogens is 224 g/mol. The summed E-state index contributed by atoms with van der Waals surface area (Å²) < 4.78 is 24.4. The summed E-state index contributed by atoms with van der Waals surface area (Å²) in [5.41, 5.74) is 6.88. The number of benzene rings is 1. The molecule has 1 aliphatic carbocycles. The summed E-state index contributed by atoms with van der Waals surface area (Å²) in [6.07, 6.45) is 1.99. The molecule has 0 aromatic heterocycles. The highest BCUT2D eigenvalue weighted by Crippen LogP contribution is 2.50. The summed E-state index contributed by atoms with van der Waals surface area (Å²) in [5, 5.41) is 3.20. The second-order valence-corrected chi connectivity index (χ2v) is 6.79. The number of nitrogens with two attached hydrogens (primary N) is 1. The molecule has 1 aliphatic heterocycles. The Hall–Kier alpha value is -1.23. The average Bonchev–Trinajstić information content (AvgIpc) is 2.96. The molecule has 3 rings (SSSR count). The number of hydrogen-bond acceptors (Lipinski definition) is 4. The van der Waals surface area contributed by atoms with Crippen LogP contribution in [-0.4, -0.2) is 20.7 Å². The maximum Gasteiger partial charge on any atom is 0.181 e. The molecule has 1 fully saturated rings. The van der Waals surface area contributed by atoms with Crippen molar-refractivity contribution in [2.75, 3.05) is 23.3 Å². The van der Waals surface area contributed by atoms with E-state index < -0.39 is 9.84 Å². The van der Waals surface area contributed by atoms with Crippen molar-refractivity contribution in [3.63, 3.8) is 0 Å². The Morgan fingerprint density at radius 2 is 2.06 bits per heavy atom. The number of hydrogen-bond donors (Lipinski definition) is 2. The van der Waals surface area contributed by atoms with Crippen LogP contribution >= 0.6 is 0 Å². The molecule has 16 heavy (non-hydrogen) atoms. The van der Waals surface area contributed by atoms with Gasteiger partial charge in [0.05, 0.1) is 22.0 Å². The Kier molecular flexibility index (Phi) is 1.81. The second kappa shape index (κ2) is 2.91. The average molecular weight is 238 g/mol. The number of fused-ring (bicyclic) bond motifs is 1. The van der Waals surface area contributed by atoms with E-state index in [4.69, 9.17) is 5.73 Å². The summed E-state index contributed by atoms with van der Waals surface area (Å²) in [6, 6.07) is 5.06. The van der Waals surface area contributed by atoms with Gasteiger partial charge in [-0.15, -0.1) is 0 Å². The van der Waals surface area contributed by atoms with E-state index in [1.807, 2.05) is 0 Å². The van der Waals surface area contributed by atoms with Crippen molar-refractivity contribution in [2.45, 2.75) is 17.7 Å². The third-order valence-corrected chi connectivity index (χ3v) is 5.49. The molecule has 1 saturated carbocycles. The summed E-state index contributed by atoms with van der Waals surface area (Å²) in [5.74, 6) is 0.253. The van der Waals surface area contributed by atoms with Crippen LogP contribution in [0.5, 0.6) is 0 Å². The van der Waals surface area contributed by atoms with Gasteiger partial charge in [-0.25, -0.2) is 8.42 Å². The van der Waals surface area contributed by atoms with Crippen LogP contribution in [0.15, 0.2) is 23.1 Å². The van der Waals surface area contributed by atoms with E-state index >= 15 is 0 Å². The van der Waals surface area contributed by atoms with Crippen LogP contribution < -0.4 is 11.1 Å². The van der Waals surface area contributed by atoms with E-state index in [0.29, 0.717) is 22.8 Å². The normalized spacial score (nSPS) is 24.2. The van der Waals surface area contributed by atoms with E-state index in [9.17, 15) is 8.42 Å². The van der Waals surface area contributed by atoms with Gasteiger partial charge in [0.1, 0.15) is 0 Å². The predicted octanol–water partition coefficient (Wildman–Crippen LogP) is 1.25. The van der Waals surface area contributed by atoms with Crippen molar-refractivity contribution in [2.24, 2.45) is 5.41 Å². The van der Waals surface area contributed by atoms with Crippen LogP contribution in [0.3, 0.4) is 0 Å². The molecule has 0 atom stereocenters. The Morgan fingerprint density at radius 3 is 2.75 bits per heavy atom. The van der Waals surface area contributed by atoms with Gasteiger partial charge in [-0.2, -0.15) is 0 Å². The quantitative estimate of drug-likeness (QED) is 0.667. The number of sulfone groups is 1. The zero-order chi connectivity index (χ0) is 11.4. The van der Waals surface area contributed by atoms with E-state index in [-0.39, 0.29) is 11.2 Å². The van der Waals surface area contributed by atoms with Crippen molar-refractivity contribution in [1.29, 1.82) is 0 Å².